The Balaban J connectivity index is 1.92. The van der Waals surface area contributed by atoms with E-state index in [2.05, 4.69) is 15.3 Å². The zero-order chi connectivity index (χ0) is 19.8. The number of aromatic nitrogens is 2. The summed E-state index contributed by atoms with van der Waals surface area (Å²) in [4.78, 5) is 40.1. The number of hydrogen-bond donors (Lipinski definition) is 3. The number of carbonyl (C=O) groups excluding carboxylic acids is 1. The molecule has 10 heteroatoms. The summed E-state index contributed by atoms with van der Waals surface area (Å²) in [6.45, 7) is 0. The number of rotatable bonds is 4. The van der Waals surface area contributed by atoms with Gasteiger partial charge in [-0.15, -0.1) is 0 Å². The van der Waals surface area contributed by atoms with E-state index < -0.39 is 27.0 Å². The molecule has 0 bridgehead atoms. The van der Waals surface area contributed by atoms with Crippen LogP contribution >= 0.6 is 0 Å². The molecule has 0 saturated carbocycles. The average molecular weight is 388 g/mol. The van der Waals surface area contributed by atoms with Crippen molar-refractivity contribution in [3.05, 3.63) is 68.7 Å². The van der Waals surface area contributed by atoms with Crippen molar-refractivity contribution in [1.82, 2.24) is 14.3 Å². The van der Waals surface area contributed by atoms with Crippen molar-refractivity contribution in [2.24, 2.45) is 0 Å². The van der Waals surface area contributed by atoms with E-state index in [-0.39, 0.29) is 10.5 Å². The topological polar surface area (TPSA) is 132 Å². The van der Waals surface area contributed by atoms with Gasteiger partial charge in [-0.25, -0.2) is 12.7 Å². The van der Waals surface area contributed by atoms with Crippen LogP contribution in [0, 0.1) is 0 Å². The van der Waals surface area contributed by atoms with Crippen LogP contribution in [0.3, 0.4) is 0 Å². The molecule has 0 saturated heterocycles. The maximum absolute atomic E-state index is 12.5. The van der Waals surface area contributed by atoms with Gasteiger partial charge in [0.15, 0.2) is 0 Å². The maximum Gasteiger partial charge on any atom is 0.314 e. The highest BCUT2D eigenvalue weighted by molar-refractivity contribution is 7.89. The van der Waals surface area contributed by atoms with Crippen molar-refractivity contribution in [2.75, 3.05) is 19.4 Å². The number of aromatic amines is 2. The van der Waals surface area contributed by atoms with Crippen LogP contribution in [0.1, 0.15) is 10.4 Å². The highest BCUT2D eigenvalue weighted by Crippen LogP contribution is 2.19. The van der Waals surface area contributed by atoms with Crippen LogP contribution in [0.2, 0.25) is 0 Å². The summed E-state index contributed by atoms with van der Waals surface area (Å²) in [6.07, 6.45) is 0. The summed E-state index contributed by atoms with van der Waals surface area (Å²) < 4.78 is 25.5. The molecule has 1 heterocycles. The highest BCUT2D eigenvalue weighted by Gasteiger charge is 2.18. The molecule has 0 aliphatic carbocycles. The van der Waals surface area contributed by atoms with Gasteiger partial charge in [-0.3, -0.25) is 14.4 Å². The van der Waals surface area contributed by atoms with Crippen molar-refractivity contribution in [1.29, 1.82) is 0 Å². The van der Waals surface area contributed by atoms with E-state index in [0.717, 1.165) is 4.31 Å². The molecule has 3 N–H and O–H groups in total. The second-order valence-corrected chi connectivity index (χ2v) is 8.09. The summed E-state index contributed by atoms with van der Waals surface area (Å²) in [7, 11) is -0.794. The van der Waals surface area contributed by atoms with Gasteiger partial charge in [0.25, 0.3) is 5.91 Å². The van der Waals surface area contributed by atoms with Gasteiger partial charge < -0.3 is 15.3 Å². The van der Waals surface area contributed by atoms with Gasteiger partial charge in [-0.1, -0.05) is 6.07 Å². The molecule has 1 aromatic heterocycles. The summed E-state index contributed by atoms with van der Waals surface area (Å²) in [5.74, 6) is -0.497. The number of nitrogens with zero attached hydrogens (tertiary/aromatic N) is 1. The van der Waals surface area contributed by atoms with E-state index in [0.29, 0.717) is 16.7 Å². The number of anilines is 1. The molecule has 0 spiro atoms. The molecule has 0 aliphatic heterocycles. The number of H-pyrrole nitrogens is 2. The first kappa shape index (κ1) is 18.5. The van der Waals surface area contributed by atoms with Gasteiger partial charge in [0.2, 0.25) is 10.0 Å². The minimum Gasteiger partial charge on any atom is -0.322 e. The highest BCUT2D eigenvalue weighted by atomic mass is 32.2. The molecule has 9 nitrogen and oxygen atoms in total. The SMILES string of the molecule is CN(C)S(=O)(=O)c1cccc(NC(=O)c2ccc3[nH]c(=O)c(=O)[nH]c3c2)c1. The van der Waals surface area contributed by atoms with Crippen LogP contribution in [0.15, 0.2) is 56.9 Å². The minimum atomic E-state index is -3.63. The standard InChI is InChI=1S/C17H16N4O5S/c1-21(2)27(25,26)12-5-3-4-11(9-12)18-15(22)10-6-7-13-14(8-10)20-17(24)16(23)19-13/h3-9H,1-2H3,(H,18,22)(H,19,23)(H,20,24). The smallest absolute Gasteiger partial charge is 0.314 e. The Morgan fingerprint density at radius 1 is 0.963 bits per heavy atom. The van der Waals surface area contributed by atoms with Crippen molar-refractivity contribution in [2.45, 2.75) is 4.90 Å². The fourth-order valence-electron chi connectivity index (χ4n) is 2.40. The van der Waals surface area contributed by atoms with Crippen LogP contribution in [-0.4, -0.2) is 42.7 Å². The average Bonchev–Trinajstić information content (AvgIpc) is 2.62. The van der Waals surface area contributed by atoms with Crippen molar-refractivity contribution in [3.63, 3.8) is 0 Å². The quantitative estimate of drug-likeness (QED) is 0.567. The molecule has 140 valence electrons. The number of benzene rings is 2. The second kappa shape index (κ2) is 6.82. The molecular formula is C17H16N4O5S. The number of fused-ring (bicyclic) bond motifs is 1. The molecule has 0 atom stereocenters. The van der Waals surface area contributed by atoms with Crippen molar-refractivity contribution >= 4 is 32.7 Å². The lowest BCUT2D eigenvalue weighted by Crippen LogP contribution is -2.29. The predicted molar refractivity (Wildman–Crippen MR) is 100 cm³/mol. The number of carbonyl (C=O) groups is 1. The summed E-state index contributed by atoms with van der Waals surface area (Å²) in [5, 5.41) is 2.61. The summed E-state index contributed by atoms with van der Waals surface area (Å²) >= 11 is 0. The Kier molecular flexibility index (Phi) is 4.68. The predicted octanol–water partition coefficient (Wildman–Crippen LogP) is 0.719. The van der Waals surface area contributed by atoms with Crippen LogP contribution < -0.4 is 16.4 Å². The summed E-state index contributed by atoms with van der Waals surface area (Å²) in [6, 6.07) is 10.3. The van der Waals surface area contributed by atoms with Gasteiger partial charge in [-0.2, -0.15) is 0 Å². The van der Waals surface area contributed by atoms with Crippen molar-refractivity contribution < 1.29 is 13.2 Å². The third kappa shape index (κ3) is 3.66. The first-order valence-electron chi connectivity index (χ1n) is 7.79. The van der Waals surface area contributed by atoms with Crippen molar-refractivity contribution in [3.8, 4) is 0 Å². The van der Waals surface area contributed by atoms with Gasteiger partial charge in [0, 0.05) is 25.3 Å². The molecule has 0 unspecified atom stereocenters. The molecule has 3 aromatic rings. The van der Waals surface area contributed by atoms with E-state index in [1.807, 2.05) is 0 Å². The third-order valence-electron chi connectivity index (χ3n) is 3.85. The number of hydrogen-bond acceptors (Lipinski definition) is 5. The number of nitrogens with one attached hydrogen (secondary N) is 3. The fraction of sp³-hybridized carbons (Fsp3) is 0.118. The van der Waals surface area contributed by atoms with Crippen LogP contribution in [-0.2, 0) is 10.0 Å². The Hall–Kier alpha value is -3.24. The zero-order valence-corrected chi connectivity index (χ0v) is 15.3. The summed E-state index contributed by atoms with van der Waals surface area (Å²) in [5.41, 5.74) is -0.379. The normalized spacial score (nSPS) is 11.7. The second-order valence-electron chi connectivity index (χ2n) is 5.94. The molecule has 2 aromatic carbocycles. The third-order valence-corrected chi connectivity index (χ3v) is 5.67. The van der Waals surface area contributed by atoms with E-state index >= 15 is 0 Å². The van der Waals surface area contributed by atoms with Crippen LogP contribution in [0.25, 0.3) is 11.0 Å². The first-order valence-corrected chi connectivity index (χ1v) is 9.23. The lowest BCUT2D eigenvalue weighted by Gasteiger charge is -2.12. The molecule has 3 rings (SSSR count). The molecule has 0 radical (unpaired) electrons. The van der Waals surface area contributed by atoms with Crippen LogP contribution in [0.4, 0.5) is 5.69 Å². The number of amides is 1. The minimum absolute atomic E-state index is 0.0470. The van der Waals surface area contributed by atoms with Gasteiger partial charge >= 0.3 is 11.1 Å². The Bertz CT molecular complexity index is 1260. The van der Waals surface area contributed by atoms with E-state index in [1.54, 1.807) is 6.07 Å². The number of sulfonamides is 1. The lowest BCUT2D eigenvalue weighted by atomic mass is 10.1. The van der Waals surface area contributed by atoms with Gasteiger partial charge in [0.05, 0.1) is 15.9 Å². The molecular weight excluding hydrogens is 372 g/mol. The Morgan fingerprint density at radius 2 is 1.63 bits per heavy atom. The lowest BCUT2D eigenvalue weighted by molar-refractivity contribution is 0.102. The van der Waals surface area contributed by atoms with E-state index in [1.165, 1.54) is 50.5 Å². The first-order chi connectivity index (χ1) is 12.7. The molecule has 0 aliphatic rings. The largest absolute Gasteiger partial charge is 0.322 e. The Morgan fingerprint density at radius 3 is 2.30 bits per heavy atom. The fourth-order valence-corrected chi connectivity index (χ4v) is 3.35. The zero-order valence-electron chi connectivity index (χ0n) is 14.4. The molecule has 1 amide bonds. The van der Waals surface area contributed by atoms with Gasteiger partial charge in [0.1, 0.15) is 0 Å². The van der Waals surface area contributed by atoms with Crippen LogP contribution in [0.5, 0.6) is 0 Å². The monoisotopic (exact) mass is 388 g/mol. The molecule has 0 fully saturated rings. The van der Waals surface area contributed by atoms with E-state index in [9.17, 15) is 22.8 Å². The van der Waals surface area contributed by atoms with Gasteiger partial charge in [-0.05, 0) is 36.4 Å². The van der Waals surface area contributed by atoms with E-state index in [4.69, 9.17) is 0 Å². The Labute approximate surface area is 153 Å². The maximum atomic E-state index is 12.5. The molecule has 27 heavy (non-hydrogen) atoms.